The Morgan fingerprint density at radius 3 is 2.81 bits per heavy atom. The third-order valence-corrected chi connectivity index (χ3v) is 3.28. The average molecular weight is 238 g/mol. The van der Waals surface area contributed by atoms with Gasteiger partial charge in [0.2, 0.25) is 0 Å². The van der Waals surface area contributed by atoms with Gasteiger partial charge in [0.05, 0.1) is 6.20 Å². The molecular formula is C9H10N4O2S. The van der Waals surface area contributed by atoms with Crippen molar-refractivity contribution in [2.75, 3.05) is 11.2 Å². The Morgan fingerprint density at radius 2 is 2.19 bits per heavy atom. The minimum Gasteiger partial charge on any atom is -0.308 e. The van der Waals surface area contributed by atoms with Crippen LogP contribution in [0.15, 0.2) is 36.0 Å². The molecule has 0 aromatic carbocycles. The molecule has 2 heterocycles. The Balaban J connectivity index is 2.40. The van der Waals surface area contributed by atoms with Crippen molar-refractivity contribution in [3.05, 3.63) is 31.0 Å². The minimum atomic E-state index is -3.27. The highest BCUT2D eigenvalue weighted by Gasteiger charge is 2.27. The molecule has 16 heavy (non-hydrogen) atoms. The Morgan fingerprint density at radius 1 is 1.38 bits per heavy atom. The fourth-order valence-corrected chi connectivity index (χ4v) is 2.22. The van der Waals surface area contributed by atoms with E-state index < -0.39 is 15.2 Å². The number of aromatic nitrogens is 2. The molecule has 1 aliphatic rings. The van der Waals surface area contributed by atoms with Crippen molar-refractivity contribution in [2.24, 2.45) is 4.99 Å². The summed E-state index contributed by atoms with van der Waals surface area (Å²) in [5.74, 6) is 0.473. The van der Waals surface area contributed by atoms with E-state index in [4.69, 9.17) is 0 Å². The quantitative estimate of drug-likeness (QED) is 0.736. The summed E-state index contributed by atoms with van der Waals surface area (Å²) in [5, 5.41) is -0.825. The number of anilines is 1. The van der Waals surface area contributed by atoms with E-state index in [9.17, 15) is 8.42 Å². The van der Waals surface area contributed by atoms with Gasteiger partial charge in [-0.15, -0.1) is 0 Å². The van der Waals surface area contributed by atoms with E-state index in [1.54, 1.807) is 6.20 Å². The standard InChI is InChI=1S/C9H10N4O2S/c1-16(14,15)9-7-11-4-5-13(9)8-6-10-2-3-12-8/h2-7,9H,1H3. The van der Waals surface area contributed by atoms with E-state index >= 15 is 0 Å². The van der Waals surface area contributed by atoms with Crippen LogP contribution in [0.1, 0.15) is 0 Å². The molecule has 0 saturated carbocycles. The van der Waals surface area contributed by atoms with Crippen molar-refractivity contribution in [3.63, 3.8) is 0 Å². The molecule has 1 aliphatic heterocycles. The third kappa shape index (κ3) is 2.08. The number of sulfone groups is 1. The van der Waals surface area contributed by atoms with Crippen molar-refractivity contribution < 1.29 is 8.42 Å². The summed E-state index contributed by atoms with van der Waals surface area (Å²) in [6.45, 7) is 0. The van der Waals surface area contributed by atoms with Gasteiger partial charge in [0, 0.05) is 37.3 Å². The molecule has 0 bridgehead atoms. The first kappa shape index (κ1) is 10.7. The van der Waals surface area contributed by atoms with Gasteiger partial charge in [-0.2, -0.15) is 0 Å². The summed E-state index contributed by atoms with van der Waals surface area (Å²) < 4.78 is 23.1. The van der Waals surface area contributed by atoms with Crippen LogP contribution in [0, 0.1) is 0 Å². The zero-order valence-electron chi connectivity index (χ0n) is 8.56. The summed E-state index contributed by atoms with van der Waals surface area (Å²) in [4.78, 5) is 13.3. The van der Waals surface area contributed by atoms with Crippen molar-refractivity contribution in [1.29, 1.82) is 0 Å². The molecule has 0 amide bonds. The molecule has 2 rings (SSSR count). The molecule has 1 aromatic heterocycles. The number of hydrogen-bond acceptors (Lipinski definition) is 6. The maximum absolute atomic E-state index is 11.6. The van der Waals surface area contributed by atoms with Gasteiger partial charge in [0.1, 0.15) is 0 Å². The van der Waals surface area contributed by atoms with Crippen LogP contribution in [0.3, 0.4) is 0 Å². The predicted octanol–water partition coefficient (Wildman–Crippen LogP) is 0.209. The van der Waals surface area contributed by atoms with Crippen LogP contribution in [-0.2, 0) is 9.84 Å². The molecule has 0 radical (unpaired) electrons. The van der Waals surface area contributed by atoms with Gasteiger partial charge in [-0.3, -0.25) is 9.98 Å². The van der Waals surface area contributed by atoms with Crippen molar-refractivity contribution in [1.82, 2.24) is 9.97 Å². The second-order valence-corrected chi connectivity index (χ2v) is 5.43. The number of rotatable bonds is 2. The van der Waals surface area contributed by atoms with Crippen molar-refractivity contribution in [3.8, 4) is 0 Å². The molecule has 6 nitrogen and oxygen atoms in total. The van der Waals surface area contributed by atoms with Crippen molar-refractivity contribution >= 4 is 21.9 Å². The van der Waals surface area contributed by atoms with E-state index in [0.29, 0.717) is 5.82 Å². The maximum atomic E-state index is 11.6. The van der Waals surface area contributed by atoms with Crippen molar-refractivity contribution in [2.45, 2.75) is 5.37 Å². The molecule has 84 valence electrons. The molecule has 0 aliphatic carbocycles. The highest BCUT2D eigenvalue weighted by atomic mass is 32.2. The molecule has 0 N–H and O–H groups in total. The second-order valence-electron chi connectivity index (χ2n) is 3.29. The monoisotopic (exact) mass is 238 g/mol. The Hall–Kier alpha value is -1.76. The normalized spacial score (nSPS) is 20.1. The minimum absolute atomic E-state index is 0.473. The molecular weight excluding hydrogens is 228 g/mol. The van der Waals surface area contributed by atoms with Gasteiger partial charge < -0.3 is 4.90 Å². The summed E-state index contributed by atoms with van der Waals surface area (Å²) in [6, 6.07) is 0. The van der Waals surface area contributed by atoms with Gasteiger partial charge in [0.25, 0.3) is 0 Å². The van der Waals surface area contributed by atoms with Gasteiger partial charge in [-0.25, -0.2) is 13.4 Å². The van der Waals surface area contributed by atoms with E-state index in [0.717, 1.165) is 6.26 Å². The lowest BCUT2D eigenvalue weighted by Crippen LogP contribution is -2.40. The highest BCUT2D eigenvalue weighted by Crippen LogP contribution is 2.17. The fraction of sp³-hybridized carbons (Fsp3) is 0.222. The Kier molecular flexibility index (Phi) is 2.69. The predicted molar refractivity (Wildman–Crippen MR) is 60.8 cm³/mol. The average Bonchev–Trinajstić information content (AvgIpc) is 2.29. The molecule has 1 aromatic rings. The zero-order chi connectivity index (χ0) is 11.6. The van der Waals surface area contributed by atoms with E-state index in [-0.39, 0.29) is 0 Å². The molecule has 1 unspecified atom stereocenters. The van der Waals surface area contributed by atoms with Gasteiger partial charge in [-0.05, 0) is 0 Å². The third-order valence-electron chi connectivity index (χ3n) is 2.05. The molecule has 1 atom stereocenters. The SMILES string of the molecule is CS(=O)(=O)C1C=NC=CN1c1cnccn1. The van der Waals surface area contributed by atoms with Crippen LogP contribution < -0.4 is 4.90 Å². The van der Waals surface area contributed by atoms with Gasteiger partial charge in [0.15, 0.2) is 21.0 Å². The molecule has 0 saturated heterocycles. The van der Waals surface area contributed by atoms with Crippen LogP contribution >= 0.6 is 0 Å². The van der Waals surface area contributed by atoms with E-state index in [1.807, 2.05) is 0 Å². The largest absolute Gasteiger partial charge is 0.308 e. The first-order valence-corrected chi connectivity index (χ1v) is 6.48. The topological polar surface area (TPSA) is 75.5 Å². The maximum Gasteiger partial charge on any atom is 0.174 e. The van der Waals surface area contributed by atoms with Crippen LogP contribution in [0.25, 0.3) is 0 Å². The highest BCUT2D eigenvalue weighted by molar-refractivity contribution is 7.92. The zero-order valence-corrected chi connectivity index (χ0v) is 9.37. The molecule has 0 fully saturated rings. The Labute approximate surface area is 93.3 Å². The van der Waals surface area contributed by atoms with Gasteiger partial charge in [-0.1, -0.05) is 0 Å². The molecule has 0 spiro atoms. The van der Waals surface area contributed by atoms with Crippen LogP contribution in [-0.4, -0.2) is 36.2 Å². The van der Waals surface area contributed by atoms with E-state index in [1.165, 1.54) is 35.9 Å². The van der Waals surface area contributed by atoms with Gasteiger partial charge >= 0.3 is 0 Å². The number of hydrogen-bond donors (Lipinski definition) is 0. The Bertz CT molecular complexity index is 524. The van der Waals surface area contributed by atoms with Crippen LogP contribution in [0.5, 0.6) is 0 Å². The summed E-state index contributed by atoms with van der Waals surface area (Å²) in [6.07, 6.45) is 10.1. The smallest absolute Gasteiger partial charge is 0.174 e. The second kappa shape index (κ2) is 4.01. The molecule has 7 heteroatoms. The number of nitrogens with zero attached hydrogens (tertiary/aromatic N) is 4. The lowest BCUT2D eigenvalue weighted by molar-refractivity contribution is 0.596. The lowest BCUT2D eigenvalue weighted by Gasteiger charge is -2.26. The first-order chi connectivity index (χ1) is 7.59. The lowest BCUT2D eigenvalue weighted by atomic mass is 10.5. The van der Waals surface area contributed by atoms with E-state index in [2.05, 4.69) is 15.0 Å². The fourth-order valence-electron chi connectivity index (χ4n) is 1.34. The first-order valence-electron chi connectivity index (χ1n) is 4.52. The summed E-state index contributed by atoms with van der Waals surface area (Å²) >= 11 is 0. The van der Waals surface area contributed by atoms with Crippen LogP contribution in [0.2, 0.25) is 0 Å². The van der Waals surface area contributed by atoms with Crippen LogP contribution in [0.4, 0.5) is 5.82 Å². The summed E-state index contributed by atoms with van der Waals surface area (Å²) in [7, 11) is -3.27. The number of aliphatic imine (C=N–C) groups is 1. The summed E-state index contributed by atoms with van der Waals surface area (Å²) in [5.41, 5.74) is 0.